The van der Waals surface area contributed by atoms with Crippen LogP contribution in [0.4, 0.5) is 0 Å². The molecular weight excluding hydrogens is 230 g/mol. The van der Waals surface area contributed by atoms with Gasteiger partial charge >= 0.3 is 0 Å². The van der Waals surface area contributed by atoms with Crippen LogP contribution in [0.15, 0.2) is 47.9 Å². The van der Waals surface area contributed by atoms with E-state index in [1.807, 2.05) is 42.2 Å². The van der Waals surface area contributed by atoms with E-state index in [0.29, 0.717) is 0 Å². The van der Waals surface area contributed by atoms with Gasteiger partial charge in [-0.05, 0) is 12.0 Å². The van der Waals surface area contributed by atoms with E-state index in [1.165, 1.54) is 5.56 Å². The van der Waals surface area contributed by atoms with Crippen molar-refractivity contribution in [1.82, 2.24) is 9.55 Å². The SMILES string of the molecule is Cn1ccnc1SCC[C@H](N)c1ccccc1. The lowest BCUT2D eigenvalue weighted by molar-refractivity contribution is 0.702. The summed E-state index contributed by atoms with van der Waals surface area (Å²) in [7, 11) is 2.01. The van der Waals surface area contributed by atoms with Gasteiger partial charge in [-0.15, -0.1) is 0 Å². The number of hydrogen-bond acceptors (Lipinski definition) is 3. The van der Waals surface area contributed by atoms with Gasteiger partial charge in [0, 0.05) is 31.2 Å². The van der Waals surface area contributed by atoms with Crippen molar-refractivity contribution in [3.8, 4) is 0 Å². The summed E-state index contributed by atoms with van der Waals surface area (Å²) < 4.78 is 2.03. The number of benzene rings is 1. The second-order valence-corrected chi connectivity index (χ2v) is 5.04. The van der Waals surface area contributed by atoms with E-state index in [2.05, 4.69) is 17.1 Å². The molecule has 3 nitrogen and oxygen atoms in total. The standard InChI is InChI=1S/C13H17N3S/c1-16-9-8-15-13(16)17-10-7-12(14)11-5-3-2-4-6-11/h2-6,8-9,12H,7,10,14H2,1H3/t12-/m0/s1. The van der Waals surface area contributed by atoms with Gasteiger partial charge in [-0.25, -0.2) is 4.98 Å². The van der Waals surface area contributed by atoms with Crippen molar-refractivity contribution in [2.75, 3.05) is 5.75 Å². The second kappa shape index (κ2) is 5.89. The Morgan fingerprint density at radius 3 is 2.76 bits per heavy atom. The van der Waals surface area contributed by atoms with Crippen molar-refractivity contribution in [1.29, 1.82) is 0 Å². The third-order valence-corrected chi connectivity index (χ3v) is 3.76. The van der Waals surface area contributed by atoms with Crippen LogP contribution < -0.4 is 5.73 Å². The number of hydrogen-bond donors (Lipinski definition) is 1. The fourth-order valence-corrected chi connectivity index (χ4v) is 2.59. The normalized spacial score (nSPS) is 12.6. The molecule has 1 aromatic heterocycles. The highest BCUT2D eigenvalue weighted by molar-refractivity contribution is 7.99. The molecule has 0 aliphatic carbocycles. The van der Waals surface area contributed by atoms with Crippen molar-refractivity contribution in [2.45, 2.75) is 17.6 Å². The predicted molar refractivity (Wildman–Crippen MR) is 71.9 cm³/mol. The Balaban J connectivity index is 1.81. The summed E-state index contributed by atoms with van der Waals surface area (Å²) in [4.78, 5) is 4.27. The average Bonchev–Trinajstić information content (AvgIpc) is 2.76. The van der Waals surface area contributed by atoms with Crippen LogP contribution >= 0.6 is 11.8 Å². The summed E-state index contributed by atoms with van der Waals surface area (Å²) in [6.07, 6.45) is 4.74. The maximum Gasteiger partial charge on any atom is 0.167 e. The molecular formula is C13H17N3S. The Labute approximate surface area is 106 Å². The van der Waals surface area contributed by atoms with Gasteiger partial charge in [-0.3, -0.25) is 0 Å². The van der Waals surface area contributed by atoms with Crippen LogP contribution in [0.3, 0.4) is 0 Å². The monoisotopic (exact) mass is 247 g/mol. The minimum Gasteiger partial charge on any atom is -0.329 e. The maximum absolute atomic E-state index is 6.13. The van der Waals surface area contributed by atoms with Gasteiger partial charge in [-0.1, -0.05) is 42.1 Å². The zero-order chi connectivity index (χ0) is 12.1. The van der Waals surface area contributed by atoms with Gasteiger partial charge in [0.25, 0.3) is 0 Å². The van der Waals surface area contributed by atoms with Gasteiger partial charge in [0.1, 0.15) is 0 Å². The average molecular weight is 247 g/mol. The molecule has 90 valence electrons. The molecule has 2 N–H and O–H groups in total. The van der Waals surface area contributed by atoms with Crippen LogP contribution in [-0.2, 0) is 7.05 Å². The van der Waals surface area contributed by atoms with Crippen molar-refractivity contribution in [3.63, 3.8) is 0 Å². The minimum absolute atomic E-state index is 0.115. The Bertz CT molecular complexity index is 453. The van der Waals surface area contributed by atoms with Crippen molar-refractivity contribution >= 4 is 11.8 Å². The summed E-state index contributed by atoms with van der Waals surface area (Å²) >= 11 is 1.75. The number of thioether (sulfide) groups is 1. The van der Waals surface area contributed by atoms with Gasteiger partial charge in [0.2, 0.25) is 0 Å². The molecule has 0 saturated heterocycles. The third-order valence-electron chi connectivity index (χ3n) is 2.66. The van der Waals surface area contributed by atoms with E-state index in [1.54, 1.807) is 11.8 Å². The van der Waals surface area contributed by atoms with Crippen LogP contribution in [0.5, 0.6) is 0 Å². The number of aromatic nitrogens is 2. The fourth-order valence-electron chi connectivity index (χ4n) is 1.64. The first-order valence-corrected chi connectivity index (χ1v) is 6.66. The molecule has 1 atom stereocenters. The first-order valence-electron chi connectivity index (χ1n) is 5.68. The molecule has 2 rings (SSSR count). The maximum atomic E-state index is 6.13. The fraction of sp³-hybridized carbons (Fsp3) is 0.308. The van der Waals surface area contributed by atoms with E-state index < -0.39 is 0 Å². The molecule has 1 aromatic carbocycles. The molecule has 17 heavy (non-hydrogen) atoms. The summed E-state index contributed by atoms with van der Waals surface area (Å²) in [6.45, 7) is 0. The smallest absolute Gasteiger partial charge is 0.167 e. The Kier molecular flexibility index (Phi) is 4.23. The summed E-state index contributed by atoms with van der Waals surface area (Å²) in [6, 6.07) is 10.3. The lowest BCUT2D eigenvalue weighted by Gasteiger charge is -2.11. The Morgan fingerprint density at radius 1 is 1.35 bits per heavy atom. The van der Waals surface area contributed by atoms with Gasteiger partial charge in [0.05, 0.1) is 0 Å². The molecule has 4 heteroatoms. The van der Waals surface area contributed by atoms with Crippen LogP contribution in [0.2, 0.25) is 0 Å². The van der Waals surface area contributed by atoms with Crippen LogP contribution in [0.25, 0.3) is 0 Å². The Morgan fingerprint density at radius 2 is 2.12 bits per heavy atom. The van der Waals surface area contributed by atoms with Gasteiger partial charge < -0.3 is 10.3 Å². The molecule has 0 amide bonds. The molecule has 0 spiro atoms. The number of imidazole rings is 1. The highest BCUT2D eigenvalue weighted by Crippen LogP contribution is 2.20. The van der Waals surface area contributed by atoms with Crippen molar-refractivity contribution in [2.24, 2.45) is 12.8 Å². The molecule has 0 aliphatic heterocycles. The zero-order valence-corrected chi connectivity index (χ0v) is 10.7. The number of rotatable bonds is 5. The van der Waals surface area contributed by atoms with E-state index in [0.717, 1.165) is 17.3 Å². The Hall–Kier alpha value is -1.26. The van der Waals surface area contributed by atoms with Crippen molar-refractivity contribution < 1.29 is 0 Å². The number of nitrogens with two attached hydrogens (primary N) is 1. The van der Waals surface area contributed by atoms with E-state index in [4.69, 9.17) is 5.73 Å². The molecule has 0 fully saturated rings. The third kappa shape index (κ3) is 3.35. The van der Waals surface area contributed by atoms with Crippen LogP contribution in [0.1, 0.15) is 18.0 Å². The lowest BCUT2D eigenvalue weighted by Crippen LogP contribution is -2.11. The second-order valence-electron chi connectivity index (χ2n) is 3.98. The highest BCUT2D eigenvalue weighted by Gasteiger charge is 2.06. The van der Waals surface area contributed by atoms with Crippen molar-refractivity contribution in [3.05, 3.63) is 48.3 Å². The number of nitrogens with zero attached hydrogens (tertiary/aromatic N) is 2. The summed E-state index contributed by atoms with van der Waals surface area (Å²) in [5, 5.41) is 1.05. The minimum atomic E-state index is 0.115. The molecule has 0 aliphatic rings. The first-order chi connectivity index (χ1) is 8.27. The highest BCUT2D eigenvalue weighted by atomic mass is 32.2. The van der Waals surface area contributed by atoms with Crippen LogP contribution in [0, 0.1) is 0 Å². The number of aryl methyl sites for hydroxylation is 1. The first kappa shape index (κ1) is 12.2. The zero-order valence-electron chi connectivity index (χ0n) is 9.91. The van der Waals surface area contributed by atoms with E-state index >= 15 is 0 Å². The summed E-state index contributed by atoms with van der Waals surface area (Å²) in [5.74, 6) is 0.987. The van der Waals surface area contributed by atoms with E-state index in [-0.39, 0.29) is 6.04 Å². The lowest BCUT2D eigenvalue weighted by atomic mass is 10.1. The molecule has 2 aromatic rings. The topological polar surface area (TPSA) is 43.8 Å². The molecule has 0 bridgehead atoms. The predicted octanol–water partition coefficient (Wildman–Crippen LogP) is 2.60. The largest absolute Gasteiger partial charge is 0.329 e. The summed E-state index contributed by atoms with van der Waals surface area (Å²) in [5.41, 5.74) is 7.33. The van der Waals surface area contributed by atoms with E-state index in [9.17, 15) is 0 Å². The van der Waals surface area contributed by atoms with Crippen LogP contribution in [-0.4, -0.2) is 15.3 Å². The van der Waals surface area contributed by atoms with Gasteiger partial charge in [-0.2, -0.15) is 0 Å². The molecule has 0 saturated carbocycles. The van der Waals surface area contributed by atoms with Gasteiger partial charge in [0.15, 0.2) is 5.16 Å². The quantitative estimate of drug-likeness (QED) is 0.826. The molecule has 0 radical (unpaired) electrons. The molecule has 1 heterocycles. The molecule has 0 unspecified atom stereocenters.